The third-order valence-corrected chi connectivity index (χ3v) is 9.99. The summed E-state index contributed by atoms with van der Waals surface area (Å²) >= 11 is 0. The molecular formula is C21H24N10O13P2. The van der Waals surface area contributed by atoms with E-state index in [2.05, 4.69) is 29.9 Å². The number of ether oxygens (including phenoxy) is 3. The lowest BCUT2D eigenvalue weighted by molar-refractivity contribution is -0.244. The standard InChI is InChI=1S/C21H24N10O13P2/c22-14-8-15(25-4-24-14)30(5-26-8)18-10(32)11-7(41-18)1-39-45(34,35)44-12-13-21(2-38-13,3-40-46(36,37)43-11)42-19(12)31-6-27-9-16(31)28-20(23)29-17(9)33/h4-7,10-13,18-19,32H,1-3H2,(H,34,35)(H,36,37)(H2,22,24,25)(H3,23,28,29,33)/t7-,10?,11+,12?,13-,18-,19-,21-/m1/s1. The van der Waals surface area contributed by atoms with E-state index in [9.17, 15) is 28.8 Å². The van der Waals surface area contributed by atoms with Crippen LogP contribution in [0.5, 0.6) is 0 Å². The number of nitrogens with one attached hydrogen (secondary N) is 1. The summed E-state index contributed by atoms with van der Waals surface area (Å²) < 4.78 is 68.4. The zero-order valence-corrected chi connectivity index (χ0v) is 24.8. The Kier molecular flexibility index (Phi) is 6.69. The maximum Gasteiger partial charge on any atom is 0.472 e. The molecule has 4 aliphatic rings. The minimum Gasteiger partial charge on any atom is -0.386 e. The van der Waals surface area contributed by atoms with E-state index < -0.39 is 83.0 Å². The van der Waals surface area contributed by atoms with E-state index in [0.29, 0.717) is 0 Å². The predicted molar refractivity (Wildman–Crippen MR) is 146 cm³/mol. The lowest BCUT2D eigenvalue weighted by Gasteiger charge is -2.43. The molecule has 8 N–H and O–H groups in total. The summed E-state index contributed by atoms with van der Waals surface area (Å²) in [6, 6.07) is 0. The van der Waals surface area contributed by atoms with Crippen molar-refractivity contribution in [2.24, 2.45) is 0 Å². The zero-order valence-electron chi connectivity index (χ0n) is 23.0. The highest BCUT2D eigenvalue weighted by Crippen LogP contribution is 2.58. The molecule has 8 rings (SSSR count). The van der Waals surface area contributed by atoms with Gasteiger partial charge in [-0.1, -0.05) is 0 Å². The van der Waals surface area contributed by atoms with E-state index in [1.807, 2.05) is 0 Å². The Morgan fingerprint density at radius 3 is 2.41 bits per heavy atom. The van der Waals surface area contributed by atoms with Gasteiger partial charge in [-0.05, 0) is 0 Å². The van der Waals surface area contributed by atoms with Gasteiger partial charge in [-0.3, -0.25) is 37.0 Å². The Hall–Kier alpha value is -3.44. The molecule has 0 radical (unpaired) electrons. The van der Waals surface area contributed by atoms with Gasteiger partial charge in [0.1, 0.15) is 48.0 Å². The fourth-order valence-corrected chi connectivity index (χ4v) is 7.85. The molecule has 4 aliphatic heterocycles. The van der Waals surface area contributed by atoms with Gasteiger partial charge in [0.2, 0.25) is 5.95 Å². The monoisotopic (exact) mass is 686 g/mol. The van der Waals surface area contributed by atoms with Gasteiger partial charge in [0, 0.05) is 0 Å². The Bertz CT molecular complexity index is 2020. The van der Waals surface area contributed by atoms with Crippen molar-refractivity contribution in [2.45, 2.75) is 48.6 Å². The van der Waals surface area contributed by atoms with Crippen LogP contribution < -0.4 is 17.0 Å². The van der Waals surface area contributed by atoms with Crippen LogP contribution in [0.15, 0.2) is 23.8 Å². The summed E-state index contributed by atoms with van der Waals surface area (Å²) in [4.78, 5) is 56.5. The van der Waals surface area contributed by atoms with Crippen molar-refractivity contribution in [3.8, 4) is 0 Å². The summed E-state index contributed by atoms with van der Waals surface area (Å²) in [6.07, 6.45) is -6.42. The largest absolute Gasteiger partial charge is 0.472 e. The van der Waals surface area contributed by atoms with Crippen LogP contribution in [0.25, 0.3) is 22.3 Å². The molecule has 23 nitrogen and oxygen atoms in total. The van der Waals surface area contributed by atoms with Crippen LogP contribution >= 0.6 is 15.6 Å². The van der Waals surface area contributed by atoms with Crippen molar-refractivity contribution in [1.82, 2.24) is 39.0 Å². The van der Waals surface area contributed by atoms with Crippen LogP contribution in [0.2, 0.25) is 0 Å². The molecule has 0 spiro atoms. The highest BCUT2D eigenvalue weighted by Gasteiger charge is 2.66. The smallest absolute Gasteiger partial charge is 0.386 e. The van der Waals surface area contributed by atoms with Gasteiger partial charge in [0.05, 0.1) is 32.5 Å². The number of nitrogens with two attached hydrogens (primary N) is 2. The number of imidazole rings is 2. The summed E-state index contributed by atoms with van der Waals surface area (Å²) in [7, 11) is -10.0. The number of phosphoric ester groups is 2. The lowest BCUT2D eigenvalue weighted by atomic mass is 9.91. The van der Waals surface area contributed by atoms with Gasteiger partial charge in [0.15, 0.2) is 35.1 Å². The molecule has 2 bridgehead atoms. The molecule has 0 aliphatic carbocycles. The first-order valence-electron chi connectivity index (χ1n) is 13.4. The Balaban J connectivity index is 1.14. The predicted octanol–water partition coefficient (Wildman–Crippen LogP) is -1.93. The number of phosphoric acid groups is 2. The van der Waals surface area contributed by atoms with Crippen LogP contribution in [0.4, 0.5) is 11.8 Å². The maximum absolute atomic E-state index is 13.4. The van der Waals surface area contributed by atoms with Gasteiger partial charge in [-0.2, -0.15) is 4.98 Å². The van der Waals surface area contributed by atoms with Crippen molar-refractivity contribution in [1.29, 1.82) is 0 Å². The summed E-state index contributed by atoms with van der Waals surface area (Å²) in [5.41, 5.74) is 9.58. The molecule has 0 saturated carbocycles. The van der Waals surface area contributed by atoms with E-state index in [-0.39, 0.29) is 40.7 Å². The fourth-order valence-electron chi connectivity index (χ4n) is 5.92. The number of aromatic amines is 1. The number of anilines is 2. The molecule has 25 heteroatoms. The summed E-state index contributed by atoms with van der Waals surface area (Å²) in [5.74, 6) is -0.192. The molecule has 4 aromatic rings. The van der Waals surface area contributed by atoms with Gasteiger partial charge in [-0.15, -0.1) is 0 Å². The number of nitrogens with zero attached hydrogens (tertiary/aromatic N) is 7. The molecule has 8 heterocycles. The number of H-pyrrole nitrogens is 1. The van der Waals surface area contributed by atoms with Crippen LogP contribution in [0.3, 0.4) is 0 Å². The second kappa shape index (κ2) is 10.3. The Morgan fingerprint density at radius 2 is 1.65 bits per heavy atom. The SMILES string of the molecule is Nc1nc2c(ncn2[C@@H]2O[C@@]34CO[C@@H]3C2OP(=O)(O)OC[C@H]2O[C@@H](n3cnc5c(N)ncnc53)C(O)[C@H]2OP(=O)(O)OC4)c(=O)[nH]1. The van der Waals surface area contributed by atoms with E-state index in [4.69, 9.17) is 43.8 Å². The number of aromatic nitrogens is 8. The zero-order chi connectivity index (χ0) is 32.2. The van der Waals surface area contributed by atoms with E-state index in [0.717, 1.165) is 6.33 Å². The van der Waals surface area contributed by atoms with Gasteiger partial charge in [0.25, 0.3) is 5.56 Å². The normalized spacial score (nSPS) is 39.7. The van der Waals surface area contributed by atoms with Gasteiger partial charge >= 0.3 is 15.6 Å². The first-order valence-corrected chi connectivity index (χ1v) is 16.4. The third kappa shape index (κ3) is 4.67. The number of rotatable bonds is 2. The van der Waals surface area contributed by atoms with E-state index in [1.54, 1.807) is 0 Å². The summed E-state index contributed by atoms with van der Waals surface area (Å²) in [5, 5.41) is 11.2. The highest BCUT2D eigenvalue weighted by molar-refractivity contribution is 7.47. The number of aliphatic hydroxyl groups excluding tert-OH is 1. The quantitative estimate of drug-likeness (QED) is 0.125. The Labute approximate surface area is 254 Å². The second-order valence-corrected chi connectivity index (χ2v) is 13.7. The van der Waals surface area contributed by atoms with Gasteiger partial charge < -0.3 is 40.6 Å². The number of hydrogen-bond acceptors (Lipinski definition) is 18. The molecule has 4 aromatic heterocycles. The van der Waals surface area contributed by atoms with Crippen LogP contribution in [0.1, 0.15) is 12.5 Å². The summed E-state index contributed by atoms with van der Waals surface area (Å²) in [6.45, 7) is -1.63. The molecule has 0 amide bonds. The highest BCUT2D eigenvalue weighted by atomic mass is 31.2. The first-order chi connectivity index (χ1) is 21.8. The van der Waals surface area contributed by atoms with Crippen LogP contribution in [-0.2, 0) is 41.4 Å². The fraction of sp³-hybridized carbons (Fsp3) is 0.524. The number of fused-ring (bicyclic) bond motifs is 3. The molecule has 4 saturated heterocycles. The van der Waals surface area contributed by atoms with E-state index in [1.165, 1.54) is 21.8 Å². The topological polar surface area (TPSA) is 319 Å². The van der Waals surface area contributed by atoms with E-state index >= 15 is 0 Å². The van der Waals surface area contributed by atoms with Crippen LogP contribution in [0, 0.1) is 0 Å². The first kappa shape index (κ1) is 29.9. The van der Waals surface area contributed by atoms with Crippen molar-refractivity contribution in [2.75, 3.05) is 31.3 Å². The molecule has 46 heavy (non-hydrogen) atoms. The molecule has 4 unspecified atom stereocenters. The molecule has 4 fully saturated rings. The van der Waals surface area contributed by atoms with Crippen molar-refractivity contribution < 1.29 is 56.3 Å². The Morgan fingerprint density at radius 1 is 0.935 bits per heavy atom. The molecule has 246 valence electrons. The molecule has 10 atom stereocenters. The van der Waals surface area contributed by atoms with Crippen molar-refractivity contribution >= 4 is 49.7 Å². The van der Waals surface area contributed by atoms with Crippen molar-refractivity contribution in [3.63, 3.8) is 0 Å². The number of aliphatic hydroxyl groups is 1. The van der Waals surface area contributed by atoms with Gasteiger partial charge in [-0.25, -0.2) is 29.1 Å². The van der Waals surface area contributed by atoms with Crippen LogP contribution in [-0.4, -0.2) is 110 Å². The molecule has 0 aromatic carbocycles. The second-order valence-electron chi connectivity index (χ2n) is 10.9. The number of nitrogen functional groups attached to an aromatic ring is 2. The third-order valence-electron chi connectivity index (χ3n) is 8.04. The average Bonchev–Trinajstić information content (AvgIpc) is 3.71. The average molecular weight is 686 g/mol. The maximum atomic E-state index is 13.4. The van der Waals surface area contributed by atoms with Crippen molar-refractivity contribution in [3.05, 3.63) is 29.3 Å². The number of hydrogen-bond donors (Lipinski definition) is 6. The lowest BCUT2D eigenvalue weighted by Crippen LogP contribution is -2.61. The molecular weight excluding hydrogens is 662 g/mol. The minimum atomic E-state index is -5.03. The minimum absolute atomic E-state index is 0.0487.